The van der Waals surface area contributed by atoms with Gasteiger partial charge in [-0.15, -0.1) is 0 Å². The Labute approximate surface area is 72.6 Å². The van der Waals surface area contributed by atoms with Crippen LogP contribution < -0.4 is 0 Å². The Hall–Kier alpha value is 0.110. The summed E-state index contributed by atoms with van der Waals surface area (Å²) in [6.07, 6.45) is 1.73. The maximum atomic E-state index is 10.8. The zero-order valence-electron chi connectivity index (χ0n) is 8.18. The van der Waals surface area contributed by atoms with Gasteiger partial charge in [0.15, 0.2) is 0 Å². The highest BCUT2D eigenvalue weighted by Crippen LogP contribution is 2.28. The minimum atomic E-state index is -0.737. The molecule has 0 aliphatic carbocycles. The van der Waals surface area contributed by atoms with E-state index in [0.29, 0.717) is 5.41 Å². The molecule has 1 aliphatic rings. The van der Waals surface area contributed by atoms with Gasteiger partial charge in [0.05, 0.1) is 11.0 Å². The molecule has 0 aromatic carbocycles. The maximum absolute atomic E-state index is 10.8. The third kappa shape index (κ3) is 3.34. The van der Waals surface area contributed by atoms with Gasteiger partial charge in [-0.1, -0.05) is 27.7 Å². The SMILES string of the molecule is CC.CS(=O)N1CC(C)(C)C1. The molecule has 1 atom stereocenters. The number of nitrogens with zero attached hydrogens (tertiary/aromatic N) is 1. The molecule has 1 aliphatic heterocycles. The van der Waals surface area contributed by atoms with Gasteiger partial charge in [0.1, 0.15) is 0 Å². The van der Waals surface area contributed by atoms with E-state index in [1.54, 1.807) is 6.26 Å². The highest BCUT2D eigenvalue weighted by molar-refractivity contribution is 7.81. The van der Waals surface area contributed by atoms with E-state index in [1.165, 1.54) is 0 Å². The molecule has 2 nitrogen and oxygen atoms in total. The smallest absolute Gasteiger partial charge is 0.0911 e. The molecule has 1 saturated heterocycles. The molecule has 1 rings (SSSR count). The predicted octanol–water partition coefficient (Wildman–Crippen LogP) is 1.65. The summed E-state index contributed by atoms with van der Waals surface area (Å²) in [6, 6.07) is 0. The highest BCUT2D eigenvalue weighted by Gasteiger charge is 2.35. The van der Waals surface area contributed by atoms with E-state index in [2.05, 4.69) is 13.8 Å². The average molecular weight is 177 g/mol. The van der Waals surface area contributed by atoms with Crippen LogP contribution in [-0.4, -0.2) is 27.9 Å². The molecule has 1 unspecified atom stereocenters. The summed E-state index contributed by atoms with van der Waals surface area (Å²) in [4.78, 5) is 0. The van der Waals surface area contributed by atoms with Gasteiger partial charge in [-0.2, -0.15) is 0 Å². The lowest BCUT2D eigenvalue weighted by Gasteiger charge is -2.43. The van der Waals surface area contributed by atoms with E-state index in [4.69, 9.17) is 0 Å². The van der Waals surface area contributed by atoms with Crippen LogP contribution in [0.15, 0.2) is 0 Å². The van der Waals surface area contributed by atoms with Gasteiger partial charge in [-0.3, -0.25) is 0 Å². The quantitative estimate of drug-likeness (QED) is 0.596. The Balaban J connectivity index is 0.000000461. The van der Waals surface area contributed by atoms with Crippen molar-refractivity contribution < 1.29 is 4.21 Å². The van der Waals surface area contributed by atoms with Gasteiger partial charge in [0.2, 0.25) is 0 Å². The summed E-state index contributed by atoms with van der Waals surface area (Å²) in [7, 11) is -0.737. The Morgan fingerprint density at radius 1 is 1.27 bits per heavy atom. The molecular formula is C8H19NOS. The van der Waals surface area contributed by atoms with Crippen molar-refractivity contribution in [2.45, 2.75) is 27.7 Å². The molecule has 1 heterocycles. The molecule has 68 valence electrons. The van der Waals surface area contributed by atoms with Crippen LogP contribution in [0.25, 0.3) is 0 Å². The first-order chi connectivity index (χ1) is 5.01. The molecule has 0 aromatic rings. The second-order valence-corrected chi connectivity index (χ2v) is 4.75. The molecule has 0 radical (unpaired) electrons. The summed E-state index contributed by atoms with van der Waals surface area (Å²) < 4.78 is 12.7. The van der Waals surface area contributed by atoms with E-state index < -0.39 is 11.0 Å². The predicted molar refractivity (Wildman–Crippen MR) is 50.8 cm³/mol. The van der Waals surface area contributed by atoms with Crippen molar-refractivity contribution in [2.75, 3.05) is 19.3 Å². The lowest BCUT2D eigenvalue weighted by atomic mass is 9.87. The van der Waals surface area contributed by atoms with E-state index in [0.717, 1.165) is 13.1 Å². The zero-order chi connectivity index (χ0) is 9.07. The van der Waals surface area contributed by atoms with Gasteiger partial charge in [-0.25, -0.2) is 8.51 Å². The standard InChI is InChI=1S/C6H13NOS.C2H6/c1-6(2)4-7(5-6)9(3)8;1-2/h4-5H2,1-3H3;1-2H3. The minimum Gasteiger partial charge on any atom is -0.243 e. The molecule has 11 heavy (non-hydrogen) atoms. The van der Waals surface area contributed by atoms with Crippen LogP contribution in [0.2, 0.25) is 0 Å². The molecule has 0 spiro atoms. The summed E-state index contributed by atoms with van der Waals surface area (Å²) in [6.45, 7) is 10.3. The summed E-state index contributed by atoms with van der Waals surface area (Å²) in [5, 5.41) is 0. The number of hydrogen-bond acceptors (Lipinski definition) is 1. The summed E-state index contributed by atoms with van der Waals surface area (Å²) >= 11 is 0. The van der Waals surface area contributed by atoms with Crippen LogP contribution >= 0.6 is 0 Å². The lowest BCUT2D eigenvalue weighted by Crippen LogP contribution is -2.52. The largest absolute Gasteiger partial charge is 0.243 e. The average Bonchev–Trinajstić information content (AvgIpc) is 1.87. The Kier molecular flexibility index (Phi) is 4.26. The monoisotopic (exact) mass is 177 g/mol. The third-order valence-corrected chi connectivity index (χ3v) is 2.56. The van der Waals surface area contributed by atoms with Gasteiger partial charge in [0.25, 0.3) is 0 Å². The number of rotatable bonds is 1. The highest BCUT2D eigenvalue weighted by atomic mass is 32.2. The van der Waals surface area contributed by atoms with Crippen molar-refractivity contribution in [3.8, 4) is 0 Å². The van der Waals surface area contributed by atoms with Crippen LogP contribution in [0, 0.1) is 5.41 Å². The van der Waals surface area contributed by atoms with Gasteiger partial charge >= 0.3 is 0 Å². The molecule has 0 saturated carbocycles. The van der Waals surface area contributed by atoms with Crippen molar-refractivity contribution in [3.63, 3.8) is 0 Å². The van der Waals surface area contributed by atoms with Crippen molar-refractivity contribution in [1.82, 2.24) is 4.31 Å². The van der Waals surface area contributed by atoms with Crippen molar-refractivity contribution in [1.29, 1.82) is 0 Å². The maximum Gasteiger partial charge on any atom is 0.0911 e. The molecule has 0 N–H and O–H groups in total. The lowest BCUT2D eigenvalue weighted by molar-refractivity contribution is 0.118. The normalized spacial score (nSPS) is 24.5. The minimum absolute atomic E-state index is 0.408. The van der Waals surface area contributed by atoms with Crippen LogP contribution in [0.4, 0.5) is 0 Å². The summed E-state index contributed by atoms with van der Waals surface area (Å²) in [5.74, 6) is 0. The van der Waals surface area contributed by atoms with Gasteiger partial charge < -0.3 is 0 Å². The van der Waals surface area contributed by atoms with E-state index in [1.807, 2.05) is 18.2 Å². The van der Waals surface area contributed by atoms with Gasteiger partial charge in [0, 0.05) is 19.3 Å². The van der Waals surface area contributed by atoms with Gasteiger partial charge in [-0.05, 0) is 5.41 Å². The summed E-state index contributed by atoms with van der Waals surface area (Å²) in [5.41, 5.74) is 0.408. The molecule has 0 amide bonds. The van der Waals surface area contributed by atoms with Crippen LogP contribution in [-0.2, 0) is 11.0 Å². The molecule has 0 aromatic heterocycles. The van der Waals surface area contributed by atoms with Crippen LogP contribution in [0.3, 0.4) is 0 Å². The fourth-order valence-corrected chi connectivity index (χ4v) is 2.15. The van der Waals surface area contributed by atoms with Crippen LogP contribution in [0.1, 0.15) is 27.7 Å². The first-order valence-electron chi connectivity index (χ1n) is 4.10. The topological polar surface area (TPSA) is 20.3 Å². The first kappa shape index (κ1) is 11.1. The molecule has 0 bridgehead atoms. The fourth-order valence-electron chi connectivity index (χ4n) is 1.09. The Morgan fingerprint density at radius 2 is 1.64 bits per heavy atom. The molecular weight excluding hydrogens is 158 g/mol. The number of hydrogen-bond donors (Lipinski definition) is 0. The molecule has 3 heteroatoms. The Bertz CT molecular complexity index is 137. The van der Waals surface area contributed by atoms with E-state index in [-0.39, 0.29) is 0 Å². The zero-order valence-corrected chi connectivity index (χ0v) is 8.99. The van der Waals surface area contributed by atoms with Crippen molar-refractivity contribution in [3.05, 3.63) is 0 Å². The van der Waals surface area contributed by atoms with Crippen molar-refractivity contribution in [2.24, 2.45) is 5.41 Å². The fraction of sp³-hybridized carbons (Fsp3) is 1.00. The second kappa shape index (κ2) is 4.21. The van der Waals surface area contributed by atoms with E-state index in [9.17, 15) is 4.21 Å². The molecule has 1 fully saturated rings. The third-order valence-electron chi connectivity index (χ3n) is 1.57. The van der Waals surface area contributed by atoms with Crippen molar-refractivity contribution >= 4 is 11.0 Å². The second-order valence-electron chi connectivity index (χ2n) is 3.39. The van der Waals surface area contributed by atoms with Crippen LogP contribution in [0.5, 0.6) is 0 Å². The first-order valence-corrected chi connectivity index (χ1v) is 5.61. The Morgan fingerprint density at radius 3 is 1.73 bits per heavy atom. The van der Waals surface area contributed by atoms with E-state index >= 15 is 0 Å².